The van der Waals surface area contributed by atoms with Crippen LogP contribution < -0.4 is 19.9 Å². The molecule has 34 heavy (non-hydrogen) atoms. The van der Waals surface area contributed by atoms with Gasteiger partial charge in [0, 0.05) is 56.8 Å². The Kier molecular flexibility index (Phi) is 5.79. The lowest BCUT2D eigenvalue weighted by molar-refractivity contribution is -0.131. The highest BCUT2D eigenvalue weighted by Gasteiger charge is 2.22. The van der Waals surface area contributed by atoms with Gasteiger partial charge >= 0.3 is 0 Å². The van der Waals surface area contributed by atoms with Gasteiger partial charge in [0.1, 0.15) is 16.9 Å². The Bertz CT molecular complexity index is 1390. The van der Waals surface area contributed by atoms with E-state index in [2.05, 4.69) is 19.9 Å². The summed E-state index contributed by atoms with van der Waals surface area (Å²) >= 11 is 0. The van der Waals surface area contributed by atoms with Gasteiger partial charge in [-0.1, -0.05) is 6.07 Å². The average molecular weight is 463 g/mol. The van der Waals surface area contributed by atoms with E-state index < -0.39 is 0 Å². The largest absolute Gasteiger partial charge is 0.493 e. The van der Waals surface area contributed by atoms with Crippen LogP contribution in [-0.4, -0.2) is 70.7 Å². The van der Waals surface area contributed by atoms with Crippen LogP contribution in [0.3, 0.4) is 0 Å². The predicted octanol–water partition coefficient (Wildman–Crippen LogP) is 2.03. The molecule has 0 saturated carbocycles. The normalized spacial score (nSPS) is 14.1. The van der Waals surface area contributed by atoms with Gasteiger partial charge in [-0.2, -0.15) is 0 Å². The van der Waals surface area contributed by atoms with Crippen LogP contribution in [0.1, 0.15) is 6.42 Å². The van der Waals surface area contributed by atoms with E-state index in [0.29, 0.717) is 35.6 Å². The molecule has 0 bridgehead atoms. The van der Waals surface area contributed by atoms with Crippen LogP contribution >= 0.6 is 0 Å². The lowest BCUT2D eigenvalue weighted by Crippen LogP contribution is -2.49. The summed E-state index contributed by atoms with van der Waals surface area (Å²) in [5.74, 6) is 2.08. The first-order valence-electron chi connectivity index (χ1n) is 11.2. The van der Waals surface area contributed by atoms with Crippen LogP contribution in [0.15, 0.2) is 47.7 Å². The van der Waals surface area contributed by atoms with E-state index in [1.54, 1.807) is 32.5 Å². The van der Waals surface area contributed by atoms with Crippen LogP contribution in [0.5, 0.6) is 11.5 Å². The third-order valence-electron chi connectivity index (χ3n) is 6.25. The molecule has 1 aromatic carbocycles. The topological polar surface area (TPSA) is 106 Å². The number of methoxy groups -OCH3 is 2. The number of benzene rings is 1. The number of H-pyrrole nitrogens is 1. The summed E-state index contributed by atoms with van der Waals surface area (Å²) in [4.78, 5) is 41.9. The van der Waals surface area contributed by atoms with Crippen molar-refractivity contribution < 1.29 is 14.3 Å². The van der Waals surface area contributed by atoms with Crippen LogP contribution in [-0.2, 0) is 11.3 Å². The third kappa shape index (κ3) is 3.91. The molecule has 0 unspecified atom stereocenters. The second-order valence-corrected chi connectivity index (χ2v) is 8.15. The average Bonchev–Trinajstić information content (AvgIpc) is 3.26. The van der Waals surface area contributed by atoms with Crippen molar-refractivity contribution in [3.05, 3.63) is 53.2 Å². The summed E-state index contributed by atoms with van der Waals surface area (Å²) in [7, 11) is 3.13. The van der Waals surface area contributed by atoms with Crippen molar-refractivity contribution in [3.63, 3.8) is 0 Å². The number of rotatable bonds is 6. The zero-order valence-corrected chi connectivity index (χ0v) is 19.2. The van der Waals surface area contributed by atoms with Gasteiger partial charge < -0.3 is 24.3 Å². The molecule has 1 saturated heterocycles. The van der Waals surface area contributed by atoms with E-state index in [4.69, 9.17) is 9.47 Å². The van der Waals surface area contributed by atoms with Crippen molar-refractivity contribution in [1.29, 1.82) is 0 Å². The fourth-order valence-corrected chi connectivity index (χ4v) is 4.38. The van der Waals surface area contributed by atoms with Gasteiger partial charge in [-0.3, -0.25) is 14.2 Å². The molecule has 4 heterocycles. The number of aromatic nitrogens is 4. The maximum absolute atomic E-state index is 13.1. The standard InChI is InChI=1S/C24H26N6O4/c1-33-18-13-16-17(14-19(18)34-2)27-23-22(16)26-15-30(24(23)32)8-6-21(31)29-11-9-28(10-12-29)20-5-3-4-7-25-20/h3-5,7,13-15,27H,6,8-12H2,1-2H3. The molecule has 5 rings (SSSR count). The number of aromatic amines is 1. The lowest BCUT2D eigenvalue weighted by Gasteiger charge is -2.35. The molecule has 0 spiro atoms. The number of aryl methyl sites for hydroxylation is 1. The molecule has 0 aliphatic carbocycles. The predicted molar refractivity (Wildman–Crippen MR) is 129 cm³/mol. The van der Waals surface area contributed by atoms with E-state index in [9.17, 15) is 9.59 Å². The first kappa shape index (κ1) is 21.7. The first-order valence-corrected chi connectivity index (χ1v) is 11.2. The minimum atomic E-state index is -0.216. The van der Waals surface area contributed by atoms with E-state index in [-0.39, 0.29) is 24.4 Å². The van der Waals surface area contributed by atoms with Gasteiger partial charge in [0.2, 0.25) is 5.91 Å². The lowest BCUT2D eigenvalue weighted by atomic mass is 10.2. The maximum Gasteiger partial charge on any atom is 0.277 e. The maximum atomic E-state index is 13.1. The Morgan fingerprint density at radius 2 is 1.82 bits per heavy atom. The smallest absolute Gasteiger partial charge is 0.277 e. The molecule has 1 aliphatic heterocycles. The number of anilines is 1. The Labute approximate surface area is 195 Å². The first-order chi connectivity index (χ1) is 16.6. The molecule has 0 atom stereocenters. The zero-order valence-electron chi connectivity index (χ0n) is 19.2. The van der Waals surface area contributed by atoms with Crippen molar-refractivity contribution in [2.75, 3.05) is 45.3 Å². The molecular weight excluding hydrogens is 436 g/mol. The van der Waals surface area contributed by atoms with Gasteiger partial charge in [0.25, 0.3) is 5.56 Å². The third-order valence-corrected chi connectivity index (χ3v) is 6.25. The van der Waals surface area contributed by atoms with Gasteiger partial charge in [0.05, 0.1) is 26.1 Å². The number of carbonyl (C=O) groups is 1. The van der Waals surface area contributed by atoms with Crippen LogP contribution in [0.25, 0.3) is 21.9 Å². The van der Waals surface area contributed by atoms with Gasteiger partial charge in [-0.15, -0.1) is 0 Å². The van der Waals surface area contributed by atoms with E-state index >= 15 is 0 Å². The highest BCUT2D eigenvalue weighted by atomic mass is 16.5. The number of nitrogens with one attached hydrogen (secondary N) is 1. The van der Waals surface area contributed by atoms with Gasteiger partial charge in [-0.05, 0) is 18.2 Å². The Morgan fingerprint density at radius 3 is 2.53 bits per heavy atom. The molecule has 1 N–H and O–H groups in total. The second kappa shape index (κ2) is 9.05. The quantitative estimate of drug-likeness (QED) is 0.467. The van der Waals surface area contributed by atoms with Crippen molar-refractivity contribution in [3.8, 4) is 11.5 Å². The van der Waals surface area contributed by atoms with Gasteiger partial charge in [0.15, 0.2) is 11.5 Å². The fraction of sp³-hybridized carbons (Fsp3) is 0.333. The molecule has 4 aromatic rings. The number of carbonyl (C=O) groups excluding carboxylic acids is 1. The molecule has 3 aromatic heterocycles. The van der Waals surface area contributed by atoms with Crippen molar-refractivity contribution in [2.45, 2.75) is 13.0 Å². The van der Waals surface area contributed by atoms with Crippen LogP contribution in [0.4, 0.5) is 5.82 Å². The summed E-state index contributed by atoms with van der Waals surface area (Å²) in [6.45, 7) is 3.00. The highest BCUT2D eigenvalue weighted by Crippen LogP contribution is 2.34. The number of pyridine rings is 1. The number of fused-ring (bicyclic) bond motifs is 3. The van der Waals surface area contributed by atoms with Gasteiger partial charge in [-0.25, -0.2) is 9.97 Å². The molecule has 1 aliphatic rings. The van der Waals surface area contributed by atoms with E-state index in [1.165, 1.54) is 10.9 Å². The molecule has 1 fully saturated rings. The van der Waals surface area contributed by atoms with Crippen molar-refractivity contribution in [1.82, 2.24) is 24.4 Å². The zero-order chi connectivity index (χ0) is 23.7. The monoisotopic (exact) mass is 462 g/mol. The van der Waals surface area contributed by atoms with Crippen molar-refractivity contribution >= 4 is 33.7 Å². The van der Waals surface area contributed by atoms with Crippen molar-refractivity contribution in [2.24, 2.45) is 0 Å². The minimum absolute atomic E-state index is 0.0267. The second-order valence-electron chi connectivity index (χ2n) is 8.15. The molecule has 10 nitrogen and oxygen atoms in total. The number of amides is 1. The van der Waals surface area contributed by atoms with Crippen LogP contribution in [0.2, 0.25) is 0 Å². The number of hydrogen-bond donors (Lipinski definition) is 1. The highest BCUT2D eigenvalue weighted by molar-refractivity contribution is 6.05. The molecule has 1 amide bonds. The summed E-state index contributed by atoms with van der Waals surface area (Å²) in [5, 5.41) is 0.777. The molecular formula is C24H26N6O4. The van der Waals surface area contributed by atoms with E-state index in [0.717, 1.165) is 29.8 Å². The van der Waals surface area contributed by atoms with E-state index in [1.807, 2.05) is 23.1 Å². The summed E-state index contributed by atoms with van der Waals surface area (Å²) in [6, 6.07) is 9.42. The van der Waals surface area contributed by atoms with Crippen LogP contribution in [0, 0.1) is 0 Å². The fourth-order valence-electron chi connectivity index (χ4n) is 4.38. The molecule has 176 valence electrons. The molecule has 0 radical (unpaired) electrons. The minimum Gasteiger partial charge on any atom is -0.493 e. The number of hydrogen-bond acceptors (Lipinski definition) is 7. The summed E-state index contributed by atoms with van der Waals surface area (Å²) in [6.07, 6.45) is 3.51. The molecule has 10 heteroatoms. The Morgan fingerprint density at radius 1 is 1.06 bits per heavy atom. The Hall–Kier alpha value is -4.08. The number of piperazine rings is 1. The summed E-state index contributed by atoms with van der Waals surface area (Å²) in [5.41, 5.74) is 1.47. The number of ether oxygens (including phenoxy) is 2. The number of nitrogens with zero attached hydrogens (tertiary/aromatic N) is 5. The summed E-state index contributed by atoms with van der Waals surface area (Å²) < 4.78 is 12.2. The Balaban J connectivity index is 1.28. The SMILES string of the molecule is COc1cc2[nH]c3c(=O)n(CCC(=O)N4CCN(c5ccccn5)CC4)cnc3c2cc1OC.